The van der Waals surface area contributed by atoms with Gasteiger partial charge in [-0.2, -0.15) is 0 Å². The van der Waals surface area contributed by atoms with Crippen LogP contribution in [0.3, 0.4) is 0 Å². The molecule has 3 heterocycles. The lowest BCUT2D eigenvalue weighted by molar-refractivity contribution is 0.127. The van der Waals surface area contributed by atoms with E-state index < -0.39 is 0 Å². The Kier molecular flexibility index (Phi) is 6.06. The van der Waals surface area contributed by atoms with Crippen LogP contribution in [0.2, 0.25) is 5.02 Å². The van der Waals surface area contributed by atoms with Crippen LogP contribution in [0.1, 0.15) is 45.6 Å². The van der Waals surface area contributed by atoms with Crippen molar-refractivity contribution >= 4 is 22.5 Å². The molecule has 0 aliphatic carbocycles. The molecule has 4 aromatic carbocycles. The molecule has 2 aliphatic rings. The second-order valence-electron chi connectivity index (χ2n) is 10.3. The minimum atomic E-state index is -0.220. The molecule has 7 rings (SSSR count). The third-order valence-electron chi connectivity index (χ3n) is 8.17. The normalized spacial score (nSPS) is 18.3. The van der Waals surface area contributed by atoms with E-state index in [4.69, 9.17) is 21.1 Å². The highest BCUT2D eigenvalue weighted by Gasteiger charge is 2.41. The lowest BCUT2D eigenvalue weighted by Crippen LogP contribution is -2.43. The summed E-state index contributed by atoms with van der Waals surface area (Å²) in [5, 5.41) is 1.96. The average molecular weight is 539 g/mol. The SMILES string of the molecule is COc1cc2c(cc1OCc1ccc(Cl)cc1)CCN1C2Cc2c([nH]c3ccccc23)C1c1ccc(F)cc1. The molecule has 196 valence electrons. The number of benzene rings is 4. The molecule has 39 heavy (non-hydrogen) atoms. The number of nitrogens with zero attached hydrogens (tertiary/aromatic N) is 1. The summed E-state index contributed by atoms with van der Waals surface area (Å²) in [6, 6.07) is 27.6. The number of methoxy groups -OCH3 is 1. The molecular weight excluding hydrogens is 511 g/mol. The van der Waals surface area contributed by atoms with Gasteiger partial charge in [0.2, 0.25) is 0 Å². The number of halogens is 2. The van der Waals surface area contributed by atoms with Crippen LogP contribution in [0.15, 0.2) is 84.9 Å². The van der Waals surface area contributed by atoms with Crippen LogP contribution >= 0.6 is 11.6 Å². The van der Waals surface area contributed by atoms with Gasteiger partial charge in [-0.25, -0.2) is 4.39 Å². The fourth-order valence-corrected chi connectivity index (χ4v) is 6.44. The number of H-pyrrole nitrogens is 1. The minimum Gasteiger partial charge on any atom is -0.493 e. The van der Waals surface area contributed by atoms with Gasteiger partial charge >= 0.3 is 0 Å². The average Bonchev–Trinajstić information content (AvgIpc) is 3.34. The highest BCUT2D eigenvalue weighted by molar-refractivity contribution is 6.30. The molecule has 2 unspecified atom stereocenters. The van der Waals surface area contributed by atoms with E-state index in [0.29, 0.717) is 11.6 Å². The number of aromatic amines is 1. The first-order chi connectivity index (χ1) is 19.1. The zero-order valence-corrected chi connectivity index (χ0v) is 22.3. The Balaban J connectivity index is 1.29. The number of ether oxygens (including phenoxy) is 2. The van der Waals surface area contributed by atoms with Gasteiger partial charge in [0.05, 0.1) is 13.2 Å². The second kappa shape index (κ2) is 9.74. The van der Waals surface area contributed by atoms with E-state index in [1.54, 1.807) is 19.2 Å². The minimum absolute atomic E-state index is 0.00623. The quantitative estimate of drug-likeness (QED) is 0.248. The van der Waals surface area contributed by atoms with Gasteiger partial charge in [0.25, 0.3) is 0 Å². The van der Waals surface area contributed by atoms with Gasteiger partial charge in [-0.1, -0.05) is 54.1 Å². The number of rotatable bonds is 5. The van der Waals surface area contributed by atoms with Crippen LogP contribution in [-0.4, -0.2) is 23.5 Å². The molecule has 6 heteroatoms. The summed E-state index contributed by atoms with van der Waals surface area (Å²) in [6.45, 7) is 1.32. The number of nitrogens with one attached hydrogen (secondary N) is 1. The first-order valence-corrected chi connectivity index (χ1v) is 13.7. The molecule has 5 aromatic rings. The van der Waals surface area contributed by atoms with Gasteiger partial charge < -0.3 is 14.5 Å². The molecule has 1 aromatic heterocycles. The van der Waals surface area contributed by atoms with E-state index >= 15 is 0 Å². The summed E-state index contributed by atoms with van der Waals surface area (Å²) in [6.07, 6.45) is 1.78. The lowest BCUT2D eigenvalue weighted by Gasteiger charge is -2.46. The Morgan fingerprint density at radius 3 is 2.56 bits per heavy atom. The Morgan fingerprint density at radius 2 is 1.77 bits per heavy atom. The van der Waals surface area contributed by atoms with Crippen molar-refractivity contribution in [1.29, 1.82) is 0 Å². The standard InChI is InChI=1S/C33H28ClFN2O2/c1-38-30-18-26-22(16-31(30)39-19-20-6-10-23(34)11-7-20)14-15-37-29(26)17-27-25-4-2-3-5-28(25)36-32(27)33(37)21-8-12-24(35)13-9-21/h2-13,16,18,29,33,36H,14-15,17,19H2,1H3. The summed E-state index contributed by atoms with van der Waals surface area (Å²) < 4.78 is 26.0. The van der Waals surface area contributed by atoms with E-state index in [2.05, 4.69) is 46.3 Å². The molecule has 2 atom stereocenters. The van der Waals surface area contributed by atoms with Crippen molar-refractivity contribution in [1.82, 2.24) is 9.88 Å². The van der Waals surface area contributed by atoms with Crippen LogP contribution in [0, 0.1) is 5.82 Å². The number of hydrogen-bond acceptors (Lipinski definition) is 3. The van der Waals surface area contributed by atoms with Crippen molar-refractivity contribution < 1.29 is 13.9 Å². The van der Waals surface area contributed by atoms with Crippen molar-refractivity contribution in [3.63, 3.8) is 0 Å². The van der Waals surface area contributed by atoms with E-state index in [-0.39, 0.29) is 17.9 Å². The summed E-state index contributed by atoms with van der Waals surface area (Å²) >= 11 is 6.04. The monoisotopic (exact) mass is 538 g/mol. The van der Waals surface area contributed by atoms with Crippen LogP contribution in [-0.2, 0) is 19.4 Å². The number of para-hydroxylation sites is 1. The highest BCUT2D eigenvalue weighted by Crippen LogP contribution is 2.49. The van der Waals surface area contributed by atoms with Crippen molar-refractivity contribution in [3.05, 3.63) is 129 Å². The largest absolute Gasteiger partial charge is 0.493 e. The van der Waals surface area contributed by atoms with Crippen LogP contribution in [0.25, 0.3) is 10.9 Å². The molecule has 4 nitrogen and oxygen atoms in total. The predicted octanol–water partition coefficient (Wildman–Crippen LogP) is 7.79. The molecule has 1 N–H and O–H groups in total. The Labute approximate surface area is 231 Å². The van der Waals surface area contributed by atoms with Gasteiger partial charge in [-0.05, 0) is 83.1 Å². The molecule has 0 bridgehead atoms. The zero-order chi connectivity index (χ0) is 26.5. The summed E-state index contributed by atoms with van der Waals surface area (Å²) in [5.41, 5.74) is 8.36. The van der Waals surface area contributed by atoms with Gasteiger partial charge in [0.15, 0.2) is 11.5 Å². The smallest absolute Gasteiger partial charge is 0.161 e. The molecule has 0 spiro atoms. The van der Waals surface area contributed by atoms with Gasteiger partial charge in [0.1, 0.15) is 12.4 Å². The third-order valence-corrected chi connectivity index (χ3v) is 8.42. The fourth-order valence-electron chi connectivity index (χ4n) is 6.32. The number of fused-ring (bicyclic) bond motifs is 6. The van der Waals surface area contributed by atoms with E-state index in [0.717, 1.165) is 47.5 Å². The number of aromatic nitrogens is 1. The van der Waals surface area contributed by atoms with Crippen molar-refractivity contribution in [2.24, 2.45) is 0 Å². The Bertz CT molecular complexity index is 1660. The zero-order valence-electron chi connectivity index (χ0n) is 21.6. The van der Waals surface area contributed by atoms with Crippen molar-refractivity contribution in [2.75, 3.05) is 13.7 Å². The van der Waals surface area contributed by atoms with Gasteiger partial charge in [-0.15, -0.1) is 0 Å². The third kappa shape index (κ3) is 4.26. The van der Waals surface area contributed by atoms with Crippen molar-refractivity contribution in [3.8, 4) is 11.5 Å². The molecule has 0 saturated heterocycles. The summed E-state index contributed by atoms with van der Waals surface area (Å²) in [7, 11) is 1.69. The van der Waals surface area contributed by atoms with Crippen LogP contribution in [0.5, 0.6) is 11.5 Å². The maximum absolute atomic E-state index is 13.9. The highest BCUT2D eigenvalue weighted by atomic mass is 35.5. The summed E-state index contributed by atoms with van der Waals surface area (Å²) in [5.74, 6) is 1.26. The van der Waals surface area contributed by atoms with Gasteiger partial charge in [0, 0.05) is 34.2 Å². The Hall–Kier alpha value is -3.80. The molecule has 0 amide bonds. The van der Waals surface area contributed by atoms with E-state index in [9.17, 15) is 4.39 Å². The maximum Gasteiger partial charge on any atom is 0.161 e. The molecule has 2 aliphatic heterocycles. The van der Waals surface area contributed by atoms with E-state index in [1.807, 2.05) is 36.4 Å². The molecular formula is C33H28ClFN2O2. The van der Waals surface area contributed by atoms with Crippen molar-refractivity contribution in [2.45, 2.75) is 31.5 Å². The topological polar surface area (TPSA) is 37.5 Å². The summed E-state index contributed by atoms with van der Waals surface area (Å²) in [4.78, 5) is 6.27. The second-order valence-corrected chi connectivity index (χ2v) is 10.8. The maximum atomic E-state index is 13.9. The molecule has 0 fully saturated rings. The first-order valence-electron chi connectivity index (χ1n) is 13.3. The Morgan fingerprint density at radius 1 is 0.974 bits per heavy atom. The van der Waals surface area contributed by atoms with Crippen LogP contribution in [0.4, 0.5) is 4.39 Å². The fraction of sp³-hybridized carbons (Fsp3) is 0.212. The molecule has 0 saturated carbocycles. The van der Waals surface area contributed by atoms with E-state index in [1.165, 1.54) is 27.8 Å². The predicted molar refractivity (Wildman–Crippen MR) is 152 cm³/mol. The van der Waals surface area contributed by atoms with Crippen LogP contribution < -0.4 is 9.47 Å². The van der Waals surface area contributed by atoms with Gasteiger partial charge in [-0.3, -0.25) is 4.90 Å². The lowest BCUT2D eigenvalue weighted by atomic mass is 9.80. The first kappa shape index (κ1) is 24.3. The number of hydrogen-bond donors (Lipinski definition) is 1. The molecule has 0 radical (unpaired) electrons.